The molecule has 36 nitrogen and oxygen atoms in total. The number of carbonyl (C=O) groups is 4. The molecule has 0 spiro atoms. The van der Waals surface area contributed by atoms with Crippen LogP contribution in [-0.4, -0.2) is 246 Å². The van der Waals surface area contributed by atoms with E-state index in [1.165, 1.54) is 0 Å². The molecule has 8 saturated carbocycles. The molecule has 4 unspecified atom stereocenters. The zero-order valence-electron chi connectivity index (χ0n) is 56.9. The molecule has 8 aliphatic rings. The summed E-state index contributed by atoms with van der Waals surface area (Å²) in [5.41, 5.74) is 1.17. The molecule has 0 aliphatic heterocycles. The van der Waals surface area contributed by atoms with Crippen molar-refractivity contribution in [3.63, 3.8) is 0 Å². The highest BCUT2D eigenvalue weighted by Crippen LogP contribution is 2.71. The molecule has 8 aliphatic carbocycles. The Morgan fingerprint density at radius 3 is 0.788 bits per heavy atom. The number of aliphatic hydroxyl groups excluding tert-OH is 8. The second kappa shape index (κ2) is 25.0. The van der Waals surface area contributed by atoms with Gasteiger partial charge < -0.3 is 102 Å². The van der Waals surface area contributed by atoms with Gasteiger partial charge in [-0.25, -0.2) is 59.8 Å². The van der Waals surface area contributed by atoms with E-state index in [4.69, 9.17) is 0 Å². The third-order valence-electron chi connectivity index (χ3n) is 22.0. The lowest BCUT2D eigenvalue weighted by atomic mass is 9.98. The van der Waals surface area contributed by atoms with Crippen LogP contribution in [0.5, 0.6) is 0 Å². The molecule has 16 rings (SSSR count). The molecule has 8 aromatic heterocycles. The SMILES string of the molecule is CCNc1nc(C)nc2c1ncn2[C@@H]1[C@H]2C[C@@]2(C(=O)NC)C(O)[C@@H]1O.CCNc1nc(C)nc2c1ncn2[C@@H]1[C@H]2C[C@@]2(C(=O)NC)C(O)[C@@H]1O.CCNc1nc(C)nc2c1ncn2[C@@H]1[C@H]2C[C@@]2(C(=O)NC)C(O)[C@@H]1O.CNC(=O)[C@@]12C[C@@H]1[C@@H](n1cnc3c(NC)nc(C)nc31)[C@@H](O)C2O. The summed E-state index contributed by atoms with van der Waals surface area (Å²) in [4.78, 5) is 102. The van der Waals surface area contributed by atoms with Gasteiger partial charge in [-0.05, 0) is 74.1 Å². The fraction of sp³-hybridized carbons (Fsp3) is 0.619. The molecule has 16 N–H and O–H groups in total. The molecule has 4 amide bonds. The van der Waals surface area contributed by atoms with Crippen molar-refractivity contribution in [2.45, 2.75) is 147 Å². The Kier molecular flexibility index (Phi) is 17.3. The summed E-state index contributed by atoms with van der Waals surface area (Å²) in [5.74, 6) is 3.40. The number of carbonyl (C=O) groups excluding carboxylic acids is 4. The van der Waals surface area contributed by atoms with E-state index in [0.29, 0.717) is 137 Å². The van der Waals surface area contributed by atoms with E-state index < -0.39 is 94.7 Å². The summed E-state index contributed by atoms with van der Waals surface area (Å²) in [6, 6.07) is -1.77. The Bertz CT molecular complexity index is 4170. The number of hydrogen-bond acceptors (Lipinski definition) is 28. The third kappa shape index (κ3) is 10.1. The average Bonchev–Trinajstić information content (AvgIpc) is 1.54. The summed E-state index contributed by atoms with van der Waals surface area (Å²) >= 11 is 0. The Morgan fingerprint density at radius 2 is 0.586 bits per heavy atom. The van der Waals surface area contributed by atoms with Crippen molar-refractivity contribution >= 4 is 91.6 Å². The van der Waals surface area contributed by atoms with Crippen LogP contribution in [0.3, 0.4) is 0 Å². The minimum Gasteiger partial charge on any atom is -0.389 e. The number of aliphatic hydroxyl groups is 8. The van der Waals surface area contributed by atoms with Crippen LogP contribution in [0.15, 0.2) is 25.3 Å². The largest absolute Gasteiger partial charge is 0.389 e. The minimum atomic E-state index is -1.10. The second-order valence-corrected chi connectivity index (χ2v) is 27.0. The number of anilines is 4. The van der Waals surface area contributed by atoms with Gasteiger partial charge in [0.2, 0.25) is 23.6 Å². The molecule has 0 radical (unpaired) electrons. The highest BCUT2D eigenvalue weighted by Gasteiger charge is 2.78. The number of fused-ring (bicyclic) bond motifs is 8. The highest BCUT2D eigenvalue weighted by atomic mass is 16.4. The minimum absolute atomic E-state index is 0.145. The maximum absolute atomic E-state index is 12.3. The maximum Gasteiger partial charge on any atom is 0.229 e. The van der Waals surface area contributed by atoms with Crippen LogP contribution in [-0.2, 0) is 19.2 Å². The molecule has 8 heterocycles. The van der Waals surface area contributed by atoms with Crippen molar-refractivity contribution < 1.29 is 60.0 Å². The smallest absolute Gasteiger partial charge is 0.229 e. The standard InChI is InChI=1S/3C16H22N6O3.C15H20N6O3/c3*1-4-18-13-9-14(21-7(2)20-13)22(6-19-9)10-8-5-16(8,15(25)17-3)12(24)11(10)23;1-6-19-12(16-2)8-13(20-6)21(5-18-8)9-7-4-15(7,14(24)17-3)11(23)10(9)22/h3*6,8,10-12,23-24H,4-5H2,1-3H3,(H,17,25)(H,18,20,21);5,7,9-11,22-23H,4H2,1-3H3,(H,17,24)(H,16,19,20)/t3*8-,10-,11-,12?,16+;7-,9-,10-,11?,15+/m1111/s1. The number of nitrogens with one attached hydrogen (secondary N) is 8. The number of hydrogen-bond donors (Lipinski definition) is 16. The molecule has 0 aromatic carbocycles. The normalized spacial score (nSPS) is 33.5. The third-order valence-corrected chi connectivity index (χ3v) is 22.0. The van der Waals surface area contributed by atoms with Crippen LogP contribution in [0.1, 0.15) is 93.9 Å². The van der Waals surface area contributed by atoms with E-state index in [9.17, 15) is 60.0 Å². The predicted molar refractivity (Wildman–Crippen MR) is 355 cm³/mol. The van der Waals surface area contributed by atoms with Crippen LogP contribution >= 0.6 is 0 Å². The summed E-state index contributed by atoms with van der Waals surface area (Å²) in [7, 11) is 7.94. The molecule has 20 atom stereocenters. The van der Waals surface area contributed by atoms with Crippen molar-refractivity contribution in [1.29, 1.82) is 0 Å². The maximum atomic E-state index is 12.3. The van der Waals surface area contributed by atoms with Crippen LogP contribution in [0.25, 0.3) is 44.7 Å². The molecule has 8 aromatic rings. The van der Waals surface area contributed by atoms with Crippen molar-refractivity contribution in [3.05, 3.63) is 48.6 Å². The first-order chi connectivity index (χ1) is 47.3. The quantitative estimate of drug-likeness (QED) is 0.0527. The van der Waals surface area contributed by atoms with E-state index in [1.807, 2.05) is 20.8 Å². The van der Waals surface area contributed by atoms with Crippen LogP contribution in [0, 0.1) is 73.0 Å². The molecular formula is C63H86N24O12. The average molecular weight is 1370 g/mol. The van der Waals surface area contributed by atoms with E-state index >= 15 is 0 Å². The Labute approximate surface area is 566 Å². The molecule has 99 heavy (non-hydrogen) atoms. The van der Waals surface area contributed by atoms with E-state index in [0.717, 1.165) is 0 Å². The fourth-order valence-electron chi connectivity index (χ4n) is 17.2. The van der Waals surface area contributed by atoms with Gasteiger partial charge in [0.05, 0.1) is 95.6 Å². The molecule has 530 valence electrons. The number of aromatic nitrogens is 16. The van der Waals surface area contributed by atoms with Crippen molar-refractivity contribution in [2.24, 2.45) is 45.3 Å². The molecule has 0 bridgehead atoms. The van der Waals surface area contributed by atoms with E-state index in [-0.39, 0.29) is 47.3 Å². The van der Waals surface area contributed by atoms with Crippen LogP contribution < -0.4 is 42.5 Å². The van der Waals surface area contributed by atoms with Crippen LogP contribution in [0.4, 0.5) is 23.3 Å². The zero-order chi connectivity index (χ0) is 71.0. The molecule has 36 heteroatoms. The predicted octanol–water partition coefficient (Wildman–Crippen LogP) is -2.01. The second-order valence-electron chi connectivity index (χ2n) is 27.0. The van der Waals surface area contributed by atoms with Gasteiger partial charge in [0.15, 0.2) is 45.9 Å². The van der Waals surface area contributed by atoms with E-state index in [2.05, 4.69) is 102 Å². The van der Waals surface area contributed by atoms with Gasteiger partial charge in [0.25, 0.3) is 0 Å². The monoisotopic (exact) mass is 1370 g/mol. The van der Waals surface area contributed by atoms with Crippen molar-refractivity contribution in [1.82, 2.24) is 99.3 Å². The first-order valence-corrected chi connectivity index (χ1v) is 33.4. The lowest BCUT2D eigenvalue weighted by Gasteiger charge is -2.23. The van der Waals surface area contributed by atoms with Gasteiger partial charge in [0.1, 0.15) is 69.8 Å². The number of rotatable bonds is 15. The zero-order valence-corrected chi connectivity index (χ0v) is 56.9. The van der Waals surface area contributed by atoms with Crippen molar-refractivity contribution in [3.8, 4) is 0 Å². The summed E-state index contributed by atoms with van der Waals surface area (Å²) in [5, 5.41) is 107. The first-order valence-electron chi connectivity index (χ1n) is 33.4. The van der Waals surface area contributed by atoms with Gasteiger partial charge in [-0.3, -0.25) is 19.2 Å². The Morgan fingerprint density at radius 1 is 0.374 bits per heavy atom. The number of aryl methyl sites for hydroxylation is 4. The summed E-state index contributed by atoms with van der Waals surface area (Å²) in [6.07, 6.45) is -0.0139. The molecule has 8 fully saturated rings. The fourth-order valence-corrected chi connectivity index (χ4v) is 17.2. The number of nitrogens with zero attached hydrogens (tertiary/aromatic N) is 16. The Balaban J connectivity index is 0.000000119. The van der Waals surface area contributed by atoms with Gasteiger partial charge in [-0.2, -0.15) is 0 Å². The van der Waals surface area contributed by atoms with Gasteiger partial charge in [-0.15, -0.1) is 0 Å². The van der Waals surface area contributed by atoms with E-state index in [1.54, 1.807) is 107 Å². The summed E-state index contributed by atoms with van der Waals surface area (Å²) < 4.78 is 7.10. The first kappa shape index (κ1) is 68.5. The van der Waals surface area contributed by atoms with Gasteiger partial charge >= 0.3 is 0 Å². The topological polar surface area (TPSA) is 501 Å². The van der Waals surface area contributed by atoms with Crippen LogP contribution in [0.2, 0.25) is 0 Å². The molecular weight excluding hydrogens is 1280 g/mol. The van der Waals surface area contributed by atoms with Crippen molar-refractivity contribution in [2.75, 3.05) is 76.1 Å². The lowest BCUT2D eigenvalue weighted by molar-refractivity contribution is -0.132. The van der Waals surface area contributed by atoms with Gasteiger partial charge in [-0.1, -0.05) is 0 Å². The Hall–Kier alpha value is -9.04. The summed E-state index contributed by atoms with van der Waals surface area (Å²) in [6.45, 7) is 15.2. The molecule has 0 saturated heterocycles. The van der Waals surface area contributed by atoms with Gasteiger partial charge in [0, 0.05) is 78.5 Å². The number of imidazole rings is 4. The lowest BCUT2D eigenvalue weighted by Crippen LogP contribution is -2.41. The highest BCUT2D eigenvalue weighted by molar-refractivity contribution is 5.91. The number of amides is 4.